The summed E-state index contributed by atoms with van der Waals surface area (Å²) in [6, 6.07) is 12.5. The molecule has 6 heteroatoms. The van der Waals surface area contributed by atoms with Crippen molar-refractivity contribution in [3.63, 3.8) is 0 Å². The van der Waals surface area contributed by atoms with E-state index >= 15 is 0 Å². The molecular formula is C18H16ClN3O2. The largest absolute Gasteiger partial charge is 0.361 e. The molecule has 0 bridgehead atoms. The Hall–Kier alpha value is -2.66. The molecule has 0 radical (unpaired) electrons. The van der Waals surface area contributed by atoms with Crippen LogP contribution in [0.1, 0.15) is 33.4 Å². The molecule has 3 rings (SSSR count). The van der Waals surface area contributed by atoms with Crippen molar-refractivity contribution in [1.82, 2.24) is 15.0 Å². The smallest absolute Gasteiger partial charge is 0.276 e. The third kappa shape index (κ3) is 3.31. The average molecular weight is 342 g/mol. The van der Waals surface area contributed by atoms with Crippen LogP contribution in [0.25, 0.3) is 0 Å². The molecule has 0 aliphatic carbocycles. The first-order valence-corrected chi connectivity index (χ1v) is 7.80. The Morgan fingerprint density at radius 2 is 1.96 bits per heavy atom. The Labute approximate surface area is 144 Å². The van der Waals surface area contributed by atoms with E-state index in [0.29, 0.717) is 10.8 Å². The van der Waals surface area contributed by atoms with Crippen LogP contribution in [0, 0.1) is 6.92 Å². The summed E-state index contributed by atoms with van der Waals surface area (Å²) in [5.41, 5.74) is 2.11. The molecule has 2 aromatic heterocycles. The van der Waals surface area contributed by atoms with E-state index in [4.69, 9.17) is 16.1 Å². The molecule has 5 nitrogen and oxygen atoms in total. The molecule has 3 aromatic rings. The van der Waals surface area contributed by atoms with Gasteiger partial charge >= 0.3 is 0 Å². The lowest BCUT2D eigenvalue weighted by atomic mass is 9.98. The van der Waals surface area contributed by atoms with E-state index in [0.717, 1.165) is 11.1 Å². The van der Waals surface area contributed by atoms with Crippen LogP contribution in [0.4, 0.5) is 0 Å². The highest BCUT2D eigenvalue weighted by molar-refractivity contribution is 6.30. The lowest BCUT2D eigenvalue weighted by Crippen LogP contribution is -2.32. The first-order chi connectivity index (χ1) is 11.6. The predicted molar refractivity (Wildman–Crippen MR) is 90.9 cm³/mol. The predicted octanol–water partition coefficient (Wildman–Crippen LogP) is 3.89. The van der Waals surface area contributed by atoms with Crippen molar-refractivity contribution in [3.8, 4) is 0 Å². The first kappa shape index (κ1) is 16.2. The zero-order valence-corrected chi connectivity index (χ0v) is 14.1. The van der Waals surface area contributed by atoms with E-state index in [1.807, 2.05) is 24.3 Å². The standard InChI is InChI=1S/C18H16ClN3O2/c1-12-10-16(21-24-12)18(23)22(2)17(14-4-3-9-20-11-14)13-5-7-15(19)8-6-13/h3-11,17H,1-2H3. The molecule has 1 atom stereocenters. The summed E-state index contributed by atoms with van der Waals surface area (Å²) in [5, 5.41) is 4.46. The number of nitrogens with zero attached hydrogens (tertiary/aromatic N) is 3. The highest BCUT2D eigenvalue weighted by atomic mass is 35.5. The van der Waals surface area contributed by atoms with E-state index in [1.54, 1.807) is 49.5 Å². The fourth-order valence-electron chi connectivity index (χ4n) is 2.59. The zero-order chi connectivity index (χ0) is 17.1. The van der Waals surface area contributed by atoms with Gasteiger partial charge in [0.1, 0.15) is 5.76 Å². The molecule has 0 saturated carbocycles. The number of hydrogen-bond donors (Lipinski definition) is 0. The van der Waals surface area contributed by atoms with E-state index in [-0.39, 0.29) is 17.6 Å². The molecule has 1 unspecified atom stereocenters. The maximum absolute atomic E-state index is 12.8. The molecule has 24 heavy (non-hydrogen) atoms. The van der Waals surface area contributed by atoms with Crippen LogP contribution in [0.15, 0.2) is 59.4 Å². The Morgan fingerprint density at radius 1 is 1.21 bits per heavy atom. The van der Waals surface area contributed by atoms with Gasteiger partial charge in [-0.25, -0.2) is 0 Å². The van der Waals surface area contributed by atoms with E-state index in [2.05, 4.69) is 10.1 Å². The molecule has 0 fully saturated rings. The van der Waals surface area contributed by atoms with E-state index < -0.39 is 0 Å². The quantitative estimate of drug-likeness (QED) is 0.722. The van der Waals surface area contributed by atoms with Gasteiger partial charge in [-0.3, -0.25) is 9.78 Å². The Morgan fingerprint density at radius 3 is 2.54 bits per heavy atom. The van der Waals surface area contributed by atoms with E-state index in [1.165, 1.54) is 0 Å². The van der Waals surface area contributed by atoms with Gasteiger partial charge in [-0.2, -0.15) is 0 Å². The van der Waals surface area contributed by atoms with Gasteiger partial charge in [0.15, 0.2) is 5.69 Å². The minimum atomic E-state index is -0.305. The van der Waals surface area contributed by atoms with Crippen LogP contribution in [0.2, 0.25) is 5.02 Å². The maximum Gasteiger partial charge on any atom is 0.276 e. The van der Waals surface area contributed by atoms with Crippen LogP contribution >= 0.6 is 11.6 Å². The number of aryl methyl sites for hydroxylation is 1. The average Bonchev–Trinajstić information content (AvgIpc) is 3.03. The van der Waals surface area contributed by atoms with Crippen LogP contribution < -0.4 is 0 Å². The lowest BCUT2D eigenvalue weighted by molar-refractivity contribution is 0.0744. The minimum absolute atomic E-state index is 0.226. The second-order valence-electron chi connectivity index (χ2n) is 5.48. The summed E-state index contributed by atoms with van der Waals surface area (Å²) < 4.78 is 5.02. The van der Waals surface area contributed by atoms with Gasteiger partial charge in [0.05, 0.1) is 6.04 Å². The molecule has 0 aliphatic rings. The lowest BCUT2D eigenvalue weighted by Gasteiger charge is -2.28. The fraction of sp³-hybridized carbons (Fsp3) is 0.167. The van der Waals surface area contributed by atoms with E-state index in [9.17, 15) is 4.79 Å². The summed E-state index contributed by atoms with van der Waals surface area (Å²) in [4.78, 5) is 18.6. The highest BCUT2D eigenvalue weighted by Crippen LogP contribution is 2.29. The van der Waals surface area contributed by atoms with Crippen molar-refractivity contribution >= 4 is 17.5 Å². The molecular weight excluding hydrogens is 326 g/mol. The monoisotopic (exact) mass is 341 g/mol. The number of carbonyl (C=O) groups is 1. The van der Waals surface area contributed by atoms with Crippen LogP contribution in [-0.2, 0) is 0 Å². The normalized spacial score (nSPS) is 12.0. The van der Waals surface area contributed by atoms with Gasteiger partial charge < -0.3 is 9.42 Å². The van der Waals surface area contributed by atoms with Crippen molar-refractivity contribution in [2.75, 3.05) is 7.05 Å². The van der Waals surface area contributed by atoms with Crippen molar-refractivity contribution in [1.29, 1.82) is 0 Å². The Balaban J connectivity index is 2.01. The second-order valence-corrected chi connectivity index (χ2v) is 5.92. The number of carbonyl (C=O) groups excluding carboxylic acids is 1. The molecule has 0 spiro atoms. The zero-order valence-electron chi connectivity index (χ0n) is 13.3. The first-order valence-electron chi connectivity index (χ1n) is 7.42. The topological polar surface area (TPSA) is 59.2 Å². The van der Waals surface area contributed by atoms with Gasteiger partial charge in [-0.15, -0.1) is 0 Å². The fourth-order valence-corrected chi connectivity index (χ4v) is 2.71. The summed E-state index contributed by atoms with van der Waals surface area (Å²) in [6.07, 6.45) is 3.45. The Kier molecular flexibility index (Phi) is 4.62. The third-order valence-corrected chi connectivity index (χ3v) is 3.99. The summed E-state index contributed by atoms with van der Waals surface area (Å²) in [5.74, 6) is 0.367. The van der Waals surface area contributed by atoms with Crippen molar-refractivity contribution < 1.29 is 9.32 Å². The molecule has 0 N–H and O–H groups in total. The van der Waals surface area contributed by atoms with Crippen molar-refractivity contribution in [3.05, 3.63) is 82.5 Å². The highest BCUT2D eigenvalue weighted by Gasteiger charge is 2.26. The van der Waals surface area contributed by atoms with Crippen LogP contribution in [0.5, 0.6) is 0 Å². The number of hydrogen-bond acceptors (Lipinski definition) is 4. The van der Waals surface area contributed by atoms with Gasteiger partial charge in [0.2, 0.25) is 0 Å². The molecule has 2 heterocycles. The molecule has 1 aromatic carbocycles. The molecule has 0 saturated heterocycles. The van der Waals surface area contributed by atoms with Gasteiger partial charge in [0.25, 0.3) is 5.91 Å². The number of rotatable bonds is 4. The minimum Gasteiger partial charge on any atom is -0.361 e. The molecule has 122 valence electrons. The second kappa shape index (κ2) is 6.84. The number of amides is 1. The number of benzene rings is 1. The van der Waals surface area contributed by atoms with Crippen molar-refractivity contribution in [2.45, 2.75) is 13.0 Å². The molecule has 0 aliphatic heterocycles. The number of aromatic nitrogens is 2. The summed E-state index contributed by atoms with van der Waals surface area (Å²) >= 11 is 5.99. The van der Waals surface area contributed by atoms with Crippen molar-refractivity contribution in [2.24, 2.45) is 0 Å². The van der Waals surface area contributed by atoms with Gasteiger partial charge in [0, 0.05) is 30.5 Å². The van der Waals surface area contributed by atoms with Crippen LogP contribution in [-0.4, -0.2) is 28.0 Å². The summed E-state index contributed by atoms with van der Waals surface area (Å²) in [6.45, 7) is 1.75. The number of pyridine rings is 1. The number of halogens is 1. The van der Waals surface area contributed by atoms with Gasteiger partial charge in [-0.1, -0.05) is 35.0 Å². The molecule has 1 amide bonds. The SMILES string of the molecule is Cc1cc(C(=O)N(C)C(c2ccc(Cl)cc2)c2cccnc2)no1. The third-order valence-electron chi connectivity index (χ3n) is 3.74. The Bertz CT molecular complexity index is 831. The van der Waals surface area contributed by atoms with Gasteiger partial charge in [-0.05, 0) is 36.2 Å². The van der Waals surface area contributed by atoms with Crippen LogP contribution in [0.3, 0.4) is 0 Å². The maximum atomic E-state index is 12.8. The summed E-state index contributed by atoms with van der Waals surface area (Å²) in [7, 11) is 1.73.